The third-order valence-electron chi connectivity index (χ3n) is 6.67. The van der Waals surface area contributed by atoms with Crippen molar-refractivity contribution in [2.24, 2.45) is 0 Å². The molecule has 0 aromatic heterocycles. The summed E-state index contributed by atoms with van der Waals surface area (Å²) in [6.07, 6.45) is 1.86. The third kappa shape index (κ3) is 4.35. The zero-order chi connectivity index (χ0) is 24.8. The van der Waals surface area contributed by atoms with Crippen molar-refractivity contribution in [3.63, 3.8) is 0 Å². The molecule has 0 unspecified atom stereocenters. The van der Waals surface area contributed by atoms with Crippen molar-refractivity contribution in [2.45, 2.75) is 39.2 Å². The van der Waals surface area contributed by atoms with E-state index in [9.17, 15) is 17.6 Å². The first kappa shape index (κ1) is 24.4. The van der Waals surface area contributed by atoms with E-state index >= 15 is 0 Å². The van der Waals surface area contributed by atoms with Crippen molar-refractivity contribution < 1.29 is 26.6 Å². The molecular weight excluding hydrogens is 459 g/mol. The number of benzene rings is 2. The van der Waals surface area contributed by atoms with Crippen molar-refractivity contribution in [3.8, 4) is 11.1 Å². The zero-order valence-electron chi connectivity index (χ0n) is 20.0. The molecule has 2 aliphatic heterocycles. The molecular formula is C25H29FN2O5S. The van der Waals surface area contributed by atoms with Crippen LogP contribution in [0.5, 0.6) is 0 Å². The maximum atomic E-state index is 13.6. The van der Waals surface area contributed by atoms with Crippen molar-refractivity contribution >= 4 is 21.6 Å². The molecule has 34 heavy (non-hydrogen) atoms. The monoisotopic (exact) mass is 488 g/mol. The second-order valence-corrected chi connectivity index (χ2v) is 10.6. The highest BCUT2D eigenvalue weighted by atomic mass is 32.2. The summed E-state index contributed by atoms with van der Waals surface area (Å²) in [5.41, 5.74) is 4.20. The van der Waals surface area contributed by atoms with E-state index in [0.29, 0.717) is 31.5 Å². The minimum atomic E-state index is -3.90. The van der Waals surface area contributed by atoms with E-state index in [1.165, 1.54) is 12.1 Å². The first-order valence-corrected chi connectivity index (χ1v) is 12.9. The van der Waals surface area contributed by atoms with Crippen LogP contribution in [0, 0.1) is 26.6 Å². The van der Waals surface area contributed by atoms with Gasteiger partial charge in [-0.05, 0) is 79.1 Å². The SMILES string of the molecule is CON1CCC2(CC1)NC(=O)C(c1c(C)cc(C)c(-c3ccc(F)cc3)c1C)=C2OS(C)(=O)=O. The van der Waals surface area contributed by atoms with E-state index in [-0.39, 0.29) is 23.1 Å². The molecule has 1 spiro atoms. The largest absolute Gasteiger partial charge is 0.384 e. The van der Waals surface area contributed by atoms with Crippen LogP contribution in [0.2, 0.25) is 0 Å². The Hall–Kier alpha value is -2.75. The van der Waals surface area contributed by atoms with Gasteiger partial charge in [-0.15, -0.1) is 0 Å². The van der Waals surface area contributed by atoms with Crippen LogP contribution in [0.1, 0.15) is 35.1 Å². The number of carbonyl (C=O) groups excluding carboxylic acids is 1. The van der Waals surface area contributed by atoms with Gasteiger partial charge in [0.25, 0.3) is 5.91 Å². The summed E-state index contributed by atoms with van der Waals surface area (Å²) in [5.74, 6) is -0.571. The van der Waals surface area contributed by atoms with E-state index in [1.807, 2.05) is 26.8 Å². The summed E-state index contributed by atoms with van der Waals surface area (Å²) < 4.78 is 43.7. The minimum absolute atomic E-state index is 0.135. The van der Waals surface area contributed by atoms with Crippen LogP contribution in [0.3, 0.4) is 0 Å². The molecule has 2 aromatic rings. The molecule has 0 bridgehead atoms. The summed E-state index contributed by atoms with van der Waals surface area (Å²) in [5, 5.41) is 4.80. The van der Waals surface area contributed by atoms with Crippen LogP contribution in [0.15, 0.2) is 36.1 Å². The summed E-state index contributed by atoms with van der Waals surface area (Å²) in [6, 6.07) is 8.14. The highest BCUT2D eigenvalue weighted by Crippen LogP contribution is 2.44. The Morgan fingerprint density at radius 2 is 1.62 bits per heavy atom. The molecule has 1 N–H and O–H groups in total. The van der Waals surface area contributed by atoms with Gasteiger partial charge in [-0.1, -0.05) is 18.2 Å². The Balaban J connectivity index is 1.95. The number of hydrogen-bond donors (Lipinski definition) is 1. The highest BCUT2D eigenvalue weighted by molar-refractivity contribution is 7.86. The number of carbonyl (C=O) groups is 1. The number of piperidine rings is 1. The maximum Gasteiger partial charge on any atom is 0.306 e. The third-order valence-corrected chi connectivity index (χ3v) is 7.13. The predicted octanol–water partition coefficient (Wildman–Crippen LogP) is 3.63. The molecule has 0 aliphatic carbocycles. The molecule has 7 nitrogen and oxygen atoms in total. The van der Waals surface area contributed by atoms with E-state index in [0.717, 1.165) is 34.1 Å². The summed E-state index contributed by atoms with van der Waals surface area (Å²) in [6.45, 7) is 6.76. The number of nitrogens with zero attached hydrogens (tertiary/aromatic N) is 1. The van der Waals surface area contributed by atoms with Gasteiger partial charge in [-0.3, -0.25) is 4.79 Å². The fourth-order valence-corrected chi connectivity index (χ4v) is 5.76. The lowest BCUT2D eigenvalue weighted by molar-refractivity contribution is -0.152. The fraction of sp³-hybridized carbons (Fsp3) is 0.400. The molecule has 0 saturated carbocycles. The van der Waals surface area contributed by atoms with Crippen LogP contribution in [-0.4, -0.2) is 51.4 Å². The quantitative estimate of drug-likeness (QED) is 0.647. The standard InChI is InChI=1S/C25H29FN2O5S/c1-15-14-16(2)21(17(3)20(15)18-6-8-19(26)9-7-18)22-23(33-34(5,30)31)25(27-24(22)29)10-12-28(32-4)13-11-25/h6-9,14H,10-13H2,1-5H3,(H,27,29). The molecule has 1 fully saturated rings. The van der Waals surface area contributed by atoms with Crippen molar-refractivity contribution in [1.82, 2.24) is 10.4 Å². The lowest BCUT2D eigenvalue weighted by Crippen LogP contribution is -2.53. The van der Waals surface area contributed by atoms with Crippen molar-refractivity contribution in [3.05, 3.63) is 64.2 Å². The fourth-order valence-electron chi connectivity index (χ4n) is 5.21. The first-order chi connectivity index (χ1) is 16.0. The van der Waals surface area contributed by atoms with Gasteiger partial charge in [0, 0.05) is 13.1 Å². The van der Waals surface area contributed by atoms with Crippen LogP contribution in [0.25, 0.3) is 16.7 Å². The average molecular weight is 489 g/mol. The number of halogens is 1. The average Bonchev–Trinajstić information content (AvgIpc) is 2.99. The van der Waals surface area contributed by atoms with Gasteiger partial charge in [-0.25, -0.2) is 4.39 Å². The number of rotatable bonds is 5. The summed E-state index contributed by atoms with van der Waals surface area (Å²) in [7, 11) is -2.32. The van der Waals surface area contributed by atoms with Gasteiger partial charge in [-0.2, -0.15) is 13.5 Å². The Bertz CT molecular complexity index is 1280. The topological polar surface area (TPSA) is 84.9 Å². The molecule has 0 atom stereocenters. The number of amides is 1. The molecule has 1 amide bonds. The zero-order valence-corrected chi connectivity index (χ0v) is 20.8. The van der Waals surface area contributed by atoms with Crippen molar-refractivity contribution in [1.29, 1.82) is 0 Å². The molecule has 0 radical (unpaired) electrons. The van der Waals surface area contributed by atoms with Crippen LogP contribution in [0.4, 0.5) is 4.39 Å². The Labute approximate surface area is 199 Å². The highest BCUT2D eigenvalue weighted by Gasteiger charge is 2.50. The summed E-state index contributed by atoms with van der Waals surface area (Å²) in [4.78, 5) is 18.8. The van der Waals surface area contributed by atoms with E-state index < -0.39 is 15.7 Å². The number of hydrogen-bond acceptors (Lipinski definition) is 6. The second kappa shape index (κ2) is 8.79. The van der Waals surface area contributed by atoms with E-state index in [1.54, 1.807) is 24.3 Å². The Morgan fingerprint density at radius 1 is 1.03 bits per heavy atom. The molecule has 2 aromatic carbocycles. The van der Waals surface area contributed by atoms with Crippen LogP contribution in [-0.2, 0) is 23.9 Å². The number of nitrogens with one attached hydrogen (secondary N) is 1. The van der Waals surface area contributed by atoms with Gasteiger partial charge in [0.05, 0.1) is 18.9 Å². The predicted molar refractivity (Wildman–Crippen MR) is 128 cm³/mol. The van der Waals surface area contributed by atoms with Crippen LogP contribution >= 0.6 is 0 Å². The normalized spacial score (nSPS) is 18.5. The van der Waals surface area contributed by atoms with Crippen molar-refractivity contribution in [2.75, 3.05) is 26.5 Å². The number of aryl methyl sites for hydroxylation is 2. The summed E-state index contributed by atoms with van der Waals surface area (Å²) >= 11 is 0. The van der Waals surface area contributed by atoms with Gasteiger partial charge in [0.1, 0.15) is 11.4 Å². The lowest BCUT2D eigenvalue weighted by atomic mass is 9.83. The second-order valence-electron chi connectivity index (χ2n) is 9.03. The lowest BCUT2D eigenvalue weighted by Gasteiger charge is -2.38. The molecule has 9 heteroatoms. The molecule has 182 valence electrons. The van der Waals surface area contributed by atoms with E-state index in [2.05, 4.69) is 5.32 Å². The van der Waals surface area contributed by atoms with Gasteiger partial charge in [0.2, 0.25) is 0 Å². The molecule has 2 aliphatic rings. The van der Waals surface area contributed by atoms with Gasteiger partial charge < -0.3 is 14.3 Å². The van der Waals surface area contributed by atoms with Gasteiger partial charge in [0.15, 0.2) is 5.76 Å². The minimum Gasteiger partial charge on any atom is -0.384 e. The van der Waals surface area contributed by atoms with Crippen LogP contribution < -0.4 is 5.32 Å². The maximum absolute atomic E-state index is 13.6. The number of hydroxylamine groups is 2. The first-order valence-electron chi connectivity index (χ1n) is 11.1. The molecule has 4 rings (SSSR count). The van der Waals surface area contributed by atoms with Gasteiger partial charge >= 0.3 is 10.1 Å². The Morgan fingerprint density at radius 3 is 2.18 bits per heavy atom. The molecule has 1 saturated heterocycles. The smallest absolute Gasteiger partial charge is 0.306 e. The Kier molecular flexibility index (Phi) is 6.30. The molecule has 2 heterocycles. The van der Waals surface area contributed by atoms with E-state index in [4.69, 9.17) is 9.02 Å².